The molecule has 0 aliphatic carbocycles. The lowest BCUT2D eigenvalue weighted by molar-refractivity contribution is -0.141. The summed E-state index contributed by atoms with van der Waals surface area (Å²) in [7, 11) is 3.13. The molecule has 1 aliphatic rings. The molecule has 3 aromatic heterocycles. The summed E-state index contributed by atoms with van der Waals surface area (Å²) in [5.74, 6) is 0.445. The number of benzene rings is 1. The van der Waals surface area contributed by atoms with E-state index in [0.29, 0.717) is 42.0 Å². The van der Waals surface area contributed by atoms with Gasteiger partial charge in [-0.2, -0.15) is 13.2 Å². The first-order valence-corrected chi connectivity index (χ1v) is 12.0. The Morgan fingerprint density at radius 3 is 2.45 bits per heavy atom. The van der Waals surface area contributed by atoms with E-state index in [9.17, 15) is 18.3 Å². The van der Waals surface area contributed by atoms with E-state index in [2.05, 4.69) is 15.0 Å². The Morgan fingerprint density at radius 1 is 1.16 bits per heavy atom. The van der Waals surface area contributed by atoms with Gasteiger partial charge >= 0.3 is 6.18 Å². The Morgan fingerprint density at radius 2 is 1.89 bits per heavy atom. The number of aryl methyl sites for hydroxylation is 1. The van der Waals surface area contributed by atoms with Gasteiger partial charge in [-0.3, -0.25) is 4.98 Å². The van der Waals surface area contributed by atoms with Crippen LogP contribution in [0.2, 0.25) is 5.02 Å². The number of alkyl halides is 3. The van der Waals surface area contributed by atoms with Crippen molar-refractivity contribution in [3.05, 3.63) is 76.6 Å². The molecule has 4 aromatic rings. The fraction of sp³-hybridized carbons (Fsp3) is 0.346. The largest absolute Gasteiger partial charge is 0.486 e. The van der Waals surface area contributed by atoms with Gasteiger partial charge in [0.15, 0.2) is 5.60 Å². The van der Waals surface area contributed by atoms with Crippen LogP contribution in [0.25, 0.3) is 10.9 Å². The van der Waals surface area contributed by atoms with Crippen LogP contribution in [0, 0.1) is 5.41 Å². The summed E-state index contributed by atoms with van der Waals surface area (Å²) in [6, 6.07) is 6.90. The lowest BCUT2D eigenvalue weighted by atomic mass is 9.83. The highest BCUT2D eigenvalue weighted by molar-refractivity contribution is 6.37. The molecule has 1 aliphatic heterocycles. The highest BCUT2D eigenvalue weighted by Crippen LogP contribution is 2.43. The molecule has 1 aromatic carbocycles. The Labute approximate surface area is 221 Å². The Bertz CT molecular complexity index is 1490. The first kappa shape index (κ1) is 26.2. The van der Waals surface area contributed by atoms with Crippen LogP contribution in [0.15, 0.2) is 49.1 Å². The zero-order valence-corrected chi connectivity index (χ0v) is 21.5. The number of aliphatic hydroxyl groups is 1. The van der Waals surface area contributed by atoms with E-state index in [1.165, 1.54) is 25.7 Å². The molecular formula is C26H24ClF3N4O4. The van der Waals surface area contributed by atoms with E-state index in [1.54, 1.807) is 29.8 Å². The number of rotatable bonds is 7. The molecule has 1 N–H and O–H groups in total. The van der Waals surface area contributed by atoms with E-state index in [4.69, 9.17) is 25.8 Å². The first-order chi connectivity index (χ1) is 18.0. The molecule has 200 valence electrons. The minimum absolute atomic E-state index is 0.112. The first-order valence-electron chi connectivity index (χ1n) is 11.6. The highest BCUT2D eigenvalue weighted by atomic mass is 35.5. The fourth-order valence-corrected chi connectivity index (χ4v) is 4.69. The van der Waals surface area contributed by atoms with E-state index in [1.807, 2.05) is 6.92 Å². The van der Waals surface area contributed by atoms with Crippen molar-refractivity contribution in [3.63, 3.8) is 0 Å². The topological polar surface area (TPSA) is 91.5 Å². The van der Waals surface area contributed by atoms with Crippen LogP contribution in [0.3, 0.4) is 0 Å². The van der Waals surface area contributed by atoms with E-state index in [-0.39, 0.29) is 27.6 Å². The minimum atomic E-state index is -4.62. The van der Waals surface area contributed by atoms with Crippen LogP contribution in [0.4, 0.5) is 13.2 Å². The van der Waals surface area contributed by atoms with Crippen molar-refractivity contribution < 1.29 is 32.5 Å². The smallest absolute Gasteiger partial charge is 0.433 e. The lowest BCUT2D eigenvalue weighted by Gasteiger charge is -2.37. The number of halogens is 4. The second-order valence-corrected chi connectivity index (χ2v) is 10.00. The molecule has 1 unspecified atom stereocenters. The average Bonchev–Trinajstić information content (AvgIpc) is 3.32. The number of hydrogen-bond donors (Lipinski definition) is 1. The number of hydrogen-bond acceptors (Lipinski definition) is 7. The van der Waals surface area contributed by atoms with Gasteiger partial charge in [-0.15, -0.1) is 0 Å². The normalized spacial score (nSPS) is 16.6. The molecule has 0 bridgehead atoms. The van der Waals surface area contributed by atoms with Gasteiger partial charge in [-0.1, -0.05) is 30.7 Å². The third-order valence-electron chi connectivity index (χ3n) is 6.58. The van der Waals surface area contributed by atoms with Gasteiger partial charge in [0.2, 0.25) is 5.75 Å². The predicted octanol–water partition coefficient (Wildman–Crippen LogP) is 4.74. The molecule has 12 heteroatoms. The fourth-order valence-electron chi connectivity index (χ4n) is 4.40. The summed E-state index contributed by atoms with van der Waals surface area (Å²) in [6.45, 7) is 3.45. The van der Waals surface area contributed by atoms with Crippen LogP contribution >= 0.6 is 11.6 Å². The van der Waals surface area contributed by atoms with Gasteiger partial charge in [0.25, 0.3) is 5.88 Å². The van der Waals surface area contributed by atoms with Crippen LogP contribution in [-0.4, -0.2) is 51.6 Å². The van der Waals surface area contributed by atoms with Crippen LogP contribution < -0.4 is 9.47 Å². The maximum absolute atomic E-state index is 13.2. The van der Waals surface area contributed by atoms with Gasteiger partial charge in [0, 0.05) is 29.6 Å². The quantitative estimate of drug-likeness (QED) is 0.356. The Hall–Kier alpha value is -3.41. The molecular weight excluding hydrogens is 525 g/mol. The number of fused-ring (bicyclic) bond motifs is 1. The van der Waals surface area contributed by atoms with Crippen molar-refractivity contribution in [3.8, 4) is 11.6 Å². The van der Waals surface area contributed by atoms with Gasteiger partial charge in [-0.05, 0) is 23.8 Å². The maximum Gasteiger partial charge on any atom is 0.433 e. The summed E-state index contributed by atoms with van der Waals surface area (Å²) in [4.78, 5) is 12.2. The highest BCUT2D eigenvalue weighted by Gasteiger charge is 2.39. The van der Waals surface area contributed by atoms with Gasteiger partial charge in [0.1, 0.15) is 5.69 Å². The molecule has 1 atom stereocenters. The zero-order chi connectivity index (χ0) is 27.3. The van der Waals surface area contributed by atoms with Crippen LogP contribution in [0.1, 0.15) is 29.4 Å². The van der Waals surface area contributed by atoms with Crippen LogP contribution in [-0.2, 0) is 23.6 Å². The van der Waals surface area contributed by atoms with Crippen molar-refractivity contribution in [1.29, 1.82) is 0 Å². The zero-order valence-electron chi connectivity index (χ0n) is 20.7. The molecule has 1 fully saturated rings. The summed E-state index contributed by atoms with van der Waals surface area (Å²) in [5.41, 5.74) is -1.95. The number of methoxy groups -OCH3 is 1. The molecule has 8 nitrogen and oxygen atoms in total. The van der Waals surface area contributed by atoms with Crippen LogP contribution in [0.5, 0.6) is 11.6 Å². The van der Waals surface area contributed by atoms with Crippen molar-refractivity contribution in [2.24, 2.45) is 12.5 Å². The number of pyridine rings is 2. The van der Waals surface area contributed by atoms with E-state index < -0.39 is 17.5 Å². The standard InChI is InChI=1S/C26H24ClF3N4O4/c1-24(11-37-12-24)13-38-22-21(27)17-8-15(4-6-18(17)33-23(22)36-3)25(35,20-10-31-14-34(20)2)16-5-7-19(32-9-16)26(28,29)30/h4-10,14,35H,11-13H2,1-3H3. The van der Waals surface area contributed by atoms with E-state index in [0.717, 1.165) is 12.3 Å². The van der Waals surface area contributed by atoms with Gasteiger partial charge in [0.05, 0.1) is 55.7 Å². The second kappa shape index (κ2) is 9.40. The number of nitrogens with zero attached hydrogens (tertiary/aromatic N) is 4. The minimum Gasteiger partial charge on any atom is -0.486 e. The van der Waals surface area contributed by atoms with Crippen molar-refractivity contribution in [1.82, 2.24) is 19.5 Å². The number of ether oxygens (including phenoxy) is 3. The summed E-state index contributed by atoms with van der Waals surface area (Å²) in [5, 5.41) is 12.8. The molecule has 38 heavy (non-hydrogen) atoms. The number of aromatic nitrogens is 4. The molecule has 0 saturated carbocycles. The lowest BCUT2D eigenvalue weighted by Crippen LogP contribution is -2.44. The molecule has 0 amide bonds. The van der Waals surface area contributed by atoms with Crippen molar-refractivity contribution >= 4 is 22.5 Å². The van der Waals surface area contributed by atoms with Gasteiger partial charge < -0.3 is 23.9 Å². The average molecular weight is 549 g/mol. The summed E-state index contributed by atoms with van der Waals surface area (Å²) >= 11 is 6.80. The predicted molar refractivity (Wildman–Crippen MR) is 132 cm³/mol. The monoisotopic (exact) mass is 548 g/mol. The molecule has 4 heterocycles. The van der Waals surface area contributed by atoms with Crippen molar-refractivity contribution in [2.45, 2.75) is 18.7 Å². The maximum atomic E-state index is 13.2. The molecule has 5 rings (SSSR count). The summed E-state index contributed by atoms with van der Waals surface area (Å²) in [6.07, 6.45) is -0.700. The Balaban J connectivity index is 1.65. The Kier molecular flexibility index (Phi) is 6.49. The molecule has 0 radical (unpaired) electrons. The third-order valence-corrected chi connectivity index (χ3v) is 6.96. The second-order valence-electron chi connectivity index (χ2n) is 9.62. The SMILES string of the molecule is COc1nc2ccc(C(O)(c3ccc(C(F)(F)F)nc3)c3cncn3C)cc2c(Cl)c1OCC1(C)COC1. The molecule has 1 saturated heterocycles. The third kappa shape index (κ3) is 4.44. The van der Waals surface area contributed by atoms with Gasteiger partial charge in [-0.25, -0.2) is 9.97 Å². The van der Waals surface area contributed by atoms with Crippen molar-refractivity contribution in [2.75, 3.05) is 26.9 Å². The van der Waals surface area contributed by atoms with E-state index >= 15 is 0 Å². The molecule has 0 spiro atoms. The summed E-state index contributed by atoms with van der Waals surface area (Å²) < 4.78 is 57.8. The number of imidazole rings is 1.